The van der Waals surface area contributed by atoms with Crippen LogP contribution in [-0.4, -0.2) is 32.4 Å². The summed E-state index contributed by atoms with van der Waals surface area (Å²) < 4.78 is 26.9. The SMILES string of the molecule is Cl.NCCc1nc(C(=O)Nc2ccc(S(=O)(=O)NCC3CC3)cc2)cs1. The van der Waals surface area contributed by atoms with E-state index < -0.39 is 10.0 Å². The summed E-state index contributed by atoms with van der Waals surface area (Å²) in [7, 11) is -3.50. The number of sulfonamides is 1. The number of rotatable bonds is 8. The molecule has 1 saturated carbocycles. The van der Waals surface area contributed by atoms with Crippen LogP contribution >= 0.6 is 23.7 Å². The molecule has 7 nitrogen and oxygen atoms in total. The molecule has 3 rings (SSSR count). The number of nitrogens with one attached hydrogen (secondary N) is 2. The summed E-state index contributed by atoms with van der Waals surface area (Å²) in [5, 5.41) is 5.21. The number of nitrogens with zero attached hydrogens (tertiary/aromatic N) is 1. The van der Waals surface area contributed by atoms with Gasteiger partial charge in [-0.3, -0.25) is 4.79 Å². The molecule has 1 fully saturated rings. The summed E-state index contributed by atoms with van der Waals surface area (Å²) in [6.45, 7) is 0.967. The van der Waals surface area contributed by atoms with Crippen molar-refractivity contribution in [2.45, 2.75) is 24.2 Å². The average Bonchev–Trinajstić information content (AvgIpc) is 3.31. The van der Waals surface area contributed by atoms with Gasteiger partial charge in [-0.25, -0.2) is 18.1 Å². The molecule has 0 spiro atoms. The molecule has 4 N–H and O–H groups in total. The number of hydrogen-bond donors (Lipinski definition) is 3. The van der Waals surface area contributed by atoms with Crippen LogP contribution in [0.5, 0.6) is 0 Å². The van der Waals surface area contributed by atoms with Crippen molar-refractivity contribution < 1.29 is 13.2 Å². The second kappa shape index (κ2) is 8.92. The Hall–Kier alpha value is -1.52. The van der Waals surface area contributed by atoms with Crippen molar-refractivity contribution in [1.29, 1.82) is 0 Å². The molecule has 0 aliphatic heterocycles. The minimum Gasteiger partial charge on any atom is -0.330 e. The van der Waals surface area contributed by atoms with Crippen LogP contribution in [0.25, 0.3) is 0 Å². The van der Waals surface area contributed by atoms with Crippen LogP contribution in [0.2, 0.25) is 0 Å². The van der Waals surface area contributed by atoms with Gasteiger partial charge >= 0.3 is 0 Å². The molecule has 0 unspecified atom stereocenters. The number of thiazole rings is 1. The minimum atomic E-state index is -3.50. The maximum atomic E-state index is 12.2. The number of hydrogen-bond acceptors (Lipinski definition) is 6. The number of benzene rings is 1. The number of carbonyl (C=O) groups excluding carboxylic acids is 1. The van der Waals surface area contributed by atoms with E-state index in [0.717, 1.165) is 17.8 Å². The fourth-order valence-corrected chi connectivity index (χ4v) is 4.11. The van der Waals surface area contributed by atoms with Gasteiger partial charge in [-0.1, -0.05) is 0 Å². The van der Waals surface area contributed by atoms with E-state index in [4.69, 9.17) is 5.73 Å². The van der Waals surface area contributed by atoms with Crippen LogP contribution in [-0.2, 0) is 16.4 Å². The maximum absolute atomic E-state index is 12.2. The summed E-state index contributed by atoms with van der Waals surface area (Å²) >= 11 is 1.39. The first-order chi connectivity index (χ1) is 12.0. The van der Waals surface area contributed by atoms with Crippen molar-refractivity contribution in [3.05, 3.63) is 40.3 Å². The molecule has 0 saturated heterocycles. The topological polar surface area (TPSA) is 114 Å². The summed E-state index contributed by atoms with van der Waals surface area (Å²) in [6.07, 6.45) is 2.80. The van der Waals surface area contributed by atoms with E-state index in [1.807, 2.05) is 0 Å². The van der Waals surface area contributed by atoms with Crippen LogP contribution in [0, 0.1) is 5.92 Å². The van der Waals surface area contributed by atoms with Crippen LogP contribution in [0.3, 0.4) is 0 Å². The van der Waals surface area contributed by atoms with Gasteiger partial charge in [0.2, 0.25) is 10.0 Å². The molecule has 1 aliphatic rings. The van der Waals surface area contributed by atoms with Crippen molar-refractivity contribution in [3.8, 4) is 0 Å². The highest BCUT2D eigenvalue weighted by Crippen LogP contribution is 2.28. The smallest absolute Gasteiger partial charge is 0.275 e. The molecular weight excluding hydrogens is 396 g/mol. The standard InChI is InChI=1S/C16H20N4O3S2.ClH/c17-8-7-15-20-14(10-24-15)16(21)19-12-3-5-13(6-4-12)25(22,23)18-9-11-1-2-11;/h3-6,10-11,18H,1-2,7-9,17H2,(H,19,21);1H. The van der Waals surface area contributed by atoms with Crippen LogP contribution in [0.4, 0.5) is 5.69 Å². The number of halogens is 1. The Balaban J connectivity index is 0.00000243. The second-order valence-corrected chi connectivity index (χ2v) is 8.65. The molecule has 26 heavy (non-hydrogen) atoms. The molecule has 10 heteroatoms. The number of nitrogens with two attached hydrogens (primary N) is 1. The van der Waals surface area contributed by atoms with Crippen LogP contribution in [0.1, 0.15) is 28.3 Å². The Labute approximate surface area is 162 Å². The van der Waals surface area contributed by atoms with Crippen molar-refractivity contribution in [3.63, 3.8) is 0 Å². The fraction of sp³-hybridized carbons (Fsp3) is 0.375. The van der Waals surface area contributed by atoms with Gasteiger partial charge < -0.3 is 11.1 Å². The summed E-state index contributed by atoms with van der Waals surface area (Å²) in [6, 6.07) is 6.09. The maximum Gasteiger partial charge on any atom is 0.275 e. The zero-order valence-electron chi connectivity index (χ0n) is 14.0. The van der Waals surface area contributed by atoms with Crippen LogP contribution in [0.15, 0.2) is 34.5 Å². The van der Waals surface area contributed by atoms with Gasteiger partial charge in [0, 0.05) is 24.0 Å². The Morgan fingerprint density at radius 3 is 2.58 bits per heavy atom. The predicted octanol–water partition coefficient (Wildman–Crippen LogP) is 2.01. The molecular formula is C16H21ClN4O3S2. The van der Waals surface area contributed by atoms with E-state index in [2.05, 4.69) is 15.0 Å². The molecule has 1 aromatic heterocycles. The molecule has 1 heterocycles. The monoisotopic (exact) mass is 416 g/mol. The Kier molecular flexibility index (Phi) is 7.13. The Morgan fingerprint density at radius 2 is 1.96 bits per heavy atom. The highest BCUT2D eigenvalue weighted by atomic mass is 35.5. The molecule has 1 amide bonds. The van der Waals surface area contributed by atoms with Gasteiger partial charge in [-0.15, -0.1) is 23.7 Å². The lowest BCUT2D eigenvalue weighted by atomic mass is 10.3. The first-order valence-electron chi connectivity index (χ1n) is 8.03. The van der Waals surface area contributed by atoms with Gasteiger partial charge in [0.05, 0.1) is 9.90 Å². The first kappa shape index (κ1) is 20.8. The number of carbonyl (C=O) groups is 1. The molecule has 142 valence electrons. The molecule has 1 aromatic carbocycles. The van der Waals surface area contributed by atoms with Gasteiger partial charge in [0.25, 0.3) is 5.91 Å². The molecule has 0 bridgehead atoms. The Morgan fingerprint density at radius 1 is 1.27 bits per heavy atom. The summed E-state index contributed by atoms with van der Waals surface area (Å²) in [5.74, 6) is 0.137. The van der Waals surface area contributed by atoms with E-state index in [1.165, 1.54) is 23.5 Å². The van der Waals surface area contributed by atoms with E-state index in [9.17, 15) is 13.2 Å². The zero-order valence-corrected chi connectivity index (χ0v) is 16.4. The largest absolute Gasteiger partial charge is 0.330 e. The highest BCUT2D eigenvalue weighted by Gasteiger charge is 2.24. The van der Waals surface area contributed by atoms with Crippen molar-refractivity contribution in [2.75, 3.05) is 18.4 Å². The lowest BCUT2D eigenvalue weighted by molar-refractivity contribution is 0.102. The molecule has 1 aliphatic carbocycles. The zero-order chi connectivity index (χ0) is 17.9. The van der Waals surface area contributed by atoms with E-state index in [1.54, 1.807) is 17.5 Å². The second-order valence-electron chi connectivity index (χ2n) is 5.94. The van der Waals surface area contributed by atoms with Crippen molar-refractivity contribution in [2.24, 2.45) is 11.7 Å². The van der Waals surface area contributed by atoms with Crippen LogP contribution < -0.4 is 15.8 Å². The number of amides is 1. The first-order valence-corrected chi connectivity index (χ1v) is 10.4. The number of anilines is 1. The lowest BCUT2D eigenvalue weighted by Crippen LogP contribution is -2.25. The highest BCUT2D eigenvalue weighted by molar-refractivity contribution is 7.89. The quantitative estimate of drug-likeness (QED) is 0.609. The molecule has 2 aromatic rings. The fourth-order valence-electron chi connectivity index (χ4n) is 2.20. The van der Waals surface area contributed by atoms with E-state index >= 15 is 0 Å². The normalized spacial score (nSPS) is 13.9. The van der Waals surface area contributed by atoms with Crippen molar-refractivity contribution >= 4 is 45.4 Å². The van der Waals surface area contributed by atoms with E-state index in [0.29, 0.717) is 36.8 Å². The molecule has 0 atom stereocenters. The Bertz CT molecular complexity index is 849. The predicted molar refractivity (Wildman–Crippen MR) is 104 cm³/mol. The number of aromatic nitrogens is 1. The van der Waals surface area contributed by atoms with Crippen molar-refractivity contribution in [1.82, 2.24) is 9.71 Å². The van der Waals surface area contributed by atoms with Gasteiger partial charge in [0.1, 0.15) is 5.69 Å². The molecule has 0 radical (unpaired) electrons. The third-order valence-electron chi connectivity index (χ3n) is 3.82. The average molecular weight is 417 g/mol. The lowest BCUT2D eigenvalue weighted by Gasteiger charge is -2.08. The third kappa shape index (κ3) is 5.49. The van der Waals surface area contributed by atoms with Gasteiger partial charge in [-0.05, 0) is 49.6 Å². The minimum absolute atomic E-state index is 0. The van der Waals surface area contributed by atoms with Gasteiger partial charge in [-0.2, -0.15) is 0 Å². The summed E-state index contributed by atoms with van der Waals surface area (Å²) in [4.78, 5) is 16.6. The third-order valence-corrected chi connectivity index (χ3v) is 6.17. The summed E-state index contributed by atoms with van der Waals surface area (Å²) in [5.41, 5.74) is 6.32. The van der Waals surface area contributed by atoms with Gasteiger partial charge in [0.15, 0.2) is 0 Å². The van der Waals surface area contributed by atoms with E-state index in [-0.39, 0.29) is 23.2 Å².